The molecule has 2 heterocycles. The highest BCUT2D eigenvalue weighted by Crippen LogP contribution is 2.26. The standard InChI is InChI=1S/C18H29N3O/c1-15-12-21(13-16(2)22-15)18(17-6-4-3-5-7-17)14-20-10-8-19-9-11-20/h3-7,15-16,18-19H,8-14H2,1-2H3. The zero-order valence-corrected chi connectivity index (χ0v) is 13.9. The molecule has 0 aliphatic carbocycles. The number of nitrogens with zero attached hydrogens (tertiary/aromatic N) is 2. The molecule has 3 unspecified atom stereocenters. The second-order valence-corrected chi connectivity index (χ2v) is 6.69. The van der Waals surface area contributed by atoms with Crippen LogP contribution in [0, 0.1) is 0 Å². The van der Waals surface area contributed by atoms with Gasteiger partial charge in [-0.05, 0) is 19.4 Å². The van der Waals surface area contributed by atoms with Gasteiger partial charge in [-0.2, -0.15) is 0 Å². The van der Waals surface area contributed by atoms with Gasteiger partial charge in [0.2, 0.25) is 0 Å². The minimum Gasteiger partial charge on any atom is -0.373 e. The molecule has 0 radical (unpaired) electrons. The topological polar surface area (TPSA) is 27.7 Å². The predicted octanol–water partition coefficient (Wildman–Crippen LogP) is 1.74. The molecule has 122 valence electrons. The van der Waals surface area contributed by atoms with Gasteiger partial charge < -0.3 is 10.1 Å². The molecule has 2 fully saturated rings. The molecule has 0 saturated carbocycles. The van der Waals surface area contributed by atoms with E-state index in [0.717, 1.165) is 45.8 Å². The monoisotopic (exact) mass is 303 g/mol. The Balaban J connectivity index is 1.76. The van der Waals surface area contributed by atoms with E-state index < -0.39 is 0 Å². The van der Waals surface area contributed by atoms with Crippen LogP contribution in [0.4, 0.5) is 0 Å². The molecule has 4 heteroatoms. The van der Waals surface area contributed by atoms with E-state index in [2.05, 4.69) is 59.3 Å². The third-order valence-electron chi connectivity index (χ3n) is 4.71. The summed E-state index contributed by atoms with van der Waals surface area (Å²) in [4.78, 5) is 5.22. The molecule has 0 amide bonds. The molecule has 4 nitrogen and oxygen atoms in total. The number of ether oxygens (including phenoxy) is 1. The van der Waals surface area contributed by atoms with Crippen LogP contribution in [0.25, 0.3) is 0 Å². The Labute approximate surface area is 134 Å². The Hall–Kier alpha value is -0.940. The Kier molecular flexibility index (Phi) is 5.47. The summed E-state index contributed by atoms with van der Waals surface area (Å²) in [5.41, 5.74) is 1.43. The van der Waals surface area contributed by atoms with Crippen molar-refractivity contribution in [2.75, 3.05) is 45.8 Å². The van der Waals surface area contributed by atoms with E-state index in [9.17, 15) is 0 Å². The van der Waals surface area contributed by atoms with Crippen molar-refractivity contribution in [3.63, 3.8) is 0 Å². The van der Waals surface area contributed by atoms with Crippen LogP contribution in [0.15, 0.2) is 30.3 Å². The lowest BCUT2D eigenvalue weighted by Crippen LogP contribution is -2.51. The van der Waals surface area contributed by atoms with Crippen molar-refractivity contribution >= 4 is 0 Å². The van der Waals surface area contributed by atoms with Crippen molar-refractivity contribution in [2.45, 2.75) is 32.1 Å². The lowest BCUT2D eigenvalue weighted by molar-refractivity contribution is -0.0843. The summed E-state index contributed by atoms with van der Waals surface area (Å²) < 4.78 is 5.93. The average molecular weight is 303 g/mol. The van der Waals surface area contributed by atoms with Crippen LogP contribution in [0.2, 0.25) is 0 Å². The number of hydrogen-bond donors (Lipinski definition) is 1. The van der Waals surface area contributed by atoms with E-state index >= 15 is 0 Å². The molecule has 0 aromatic heterocycles. The number of piperazine rings is 1. The highest BCUT2D eigenvalue weighted by Gasteiger charge is 2.30. The van der Waals surface area contributed by atoms with E-state index in [-0.39, 0.29) is 0 Å². The van der Waals surface area contributed by atoms with Crippen LogP contribution in [-0.4, -0.2) is 67.8 Å². The van der Waals surface area contributed by atoms with Gasteiger partial charge in [0, 0.05) is 51.9 Å². The molecule has 3 rings (SSSR count). The minimum absolute atomic E-state index is 0.318. The van der Waals surface area contributed by atoms with E-state index in [4.69, 9.17) is 4.74 Å². The van der Waals surface area contributed by atoms with Crippen LogP contribution < -0.4 is 5.32 Å². The summed E-state index contributed by atoms with van der Waals surface area (Å²) in [6.45, 7) is 12.1. The van der Waals surface area contributed by atoms with Gasteiger partial charge in [0.15, 0.2) is 0 Å². The fraction of sp³-hybridized carbons (Fsp3) is 0.667. The smallest absolute Gasteiger partial charge is 0.0678 e. The van der Waals surface area contributed by atoms with Crippen LogP contribution in [0.3, 0.4) is 0 Å². The zero-order chi connectivity index (χ0) is 15.4. The number of benzene rings is 1. The molecule has 0 spiro atoms. The molecule has 2 aliphatic rings. The Morgan fingerprint density at radius 2 is 1.73 bits per heavy atom. The number of hydrogen-bond acceptors (Lipinski definition) is 4. The third kappa shape index (κ3) is 4.07. The maximum absolute atomic E-state index is 5.93. The van der Waals surface area contributed by atoms with Crippen molar-refractivity contribution < 1.29 is 4.74 Å². The van der Waals surface area contributed by atoms with Gasteiger partial charge >= 0.3 is 0 Å². The molecular formula is C18H29N3O. The normalized spacial score (nSPS) is 29.4. The quantitative estimate of drug-likeness (QED) is 0.917. The lowest BCUT2D eigenvalue weighted by atomic mass is 10.0. The van der Waals surface area contributed by atoms with Crippen LogP contribution in [0.1, 0.15) is 25.5 Å². The predicted molar refractivity (Wildman–Crippen MR) is 90.1 cm³/mol. The molecular weight excluding hydrogens is 274 g/mol. The van der Waals surface area contributed by atoms with Crippen molar-refractivity contribution in [1.29, 1.82) is 0 Å². The van der Waals surface area contributed by atoms with Crippen LogP contribution in [0.5, 0.6) is 0 Å². The summed E-state index contributed by atoms with van der Waals surface area (Å²) in [5, 5.41) is 3.45. The molecule has 3 atom stereocenters. The summed E-state index contributed by atoms with van der Waals surface area (Å²) in [6, 6.07) is 11.4. The largest absolute Gasteiger partial charge is 0.373 e. The first-order valence-corrected chi connectivity index (χ1v) is 8.60. The Bertz CT molecular complexity index is 437. The molecule has 1 aromatic carbocycles. The molecule has 2 aliphatic heterocycles. The van der Waals surface area contributed by atoms with Gasteiger partial charge in [-0.1, -0.05) is 30.3 Å². The highest BCUT2D eigenvalue weighted by atomic mass is 16.5. The second-order valence-electron chi connectivity index (χ2n) is 6.69. The Morgan fingerprint density at radius 1 is 1.09 bits per heavy atom. The summed E-state index contributed by atoms with van der Waals surface area (Å²) in [5.74, 6) is 0. The molecule has 22 heavy (non-hydrogen) atoms. The lowest BCUT2D eigenvalue weighted by Gasteiger charge is -2.42. The van der Waals surface area contributed by atoms with Gasteiger partial charge in [-0.3, -0.25) is 9.80 Å². The minimum atomic E-state index is 0.318. The first kappa shape index (κ1) is 15.9. The van der Waals surface area contributed by atoms with E-state index in [1.807, 2.05) is 0 Å². The van der Waals surface area contributed by atoms with Crippen molar-refractivity contribution in [1.82, 2.24) is 15.1 Å². The van der Waals surface area contributed by atoms with Gasteiger partial charge in [0.1, 0.15) is 0 Å². The SMILES string of the molecule is CC1CN(C(CN2CCNCC2)c2ccccc2)CC(C)O1. The van der Waals surface area contributed by atoms with E-state index in [1.165, 1.54) is 5.56 Å². The number of morpholine rings is 1. The molecule has 1 aromatic rings. The van der Waals surface area contributed by atoms with Crippen molar-refractivity contribution in [3.05, 3.63) is 35.9 Å². The van der Waals surface area contributed by atoms with Gasteiger partial charge in [0.05, 0.1) is 12.2 Å². The first-order chi connectivity index (χ1) is 10.7. The van der Waals surface area contributed by atoms with Gasteiger partial charge in [0.25, 0.3) is 0 Å². The maximum atomic E-state index is 5.93. The fourth-order valence-corrected chi connectivity index (χ4v) is 3.72. The first-order valence-electron chi connectivity index (χ1n) is 8.60. The maximum Gasteiger partial charge on any atom is 0.0678 e. The second kappa shape index (κ2) is 7.55. The van der Waals surface area contributed by atoms with Crippen molar-refractivity contribution in [2.24, 2.45) is 0 Å². The number of nitrogens with one attached hydrogen (secondary N) is 1. The summed E-state index contributed by atoms with van der Waals surface area (Å²) >= 11 is 0. The highest BCUT2D eigenvalue weighted by molar-refractivity contribution is 5.20. The van der Waals surface area contributed by atoms with Crippen LogP contribution >= 0.6 is 0 Å². The Morgan fingerprint density at radius 3 is 2.36 bits per heavy atom. The van der Waals surface area contributed by atoms with Crippen LogP contribution in [-0.2, 0) is 4.74 Å². The average Bonchev–Trinajstić information content (AvgIpc) is 2.53. The van der Waals surface area contributed by atoms with Crippen molar-refractivity contribution in [3.8, 4) is 0 Å². The van der Waals surface area contributed by atoms with Gasteiger partial charge in [-0.25, -0.2) is 0 Å². The van der Waals surface area contributed by atoms with E-state index in [1.54, 1.807) is 0 Å². The zero-order valence-electron chi connectivity index (χ0n) is 13.9. The summed E-state index contributed by atoms with van der Waals surface area (Å²) in [6.07, 6.45) is 0.635. The molecule has 1 N–H and O–H groups in total. The van der Waals surface area contributed by atoms with Gasteiger partial charge in [-0.15, -0.1) is 0 Å². The summed E-state index contributed by atoms with van der Waals surface area (Å²) in [7, 11) is 0. The molecule has 2 saturated heterocycles. The van der Waals surface area contributed by atoms with E-state index in [0.29, 0.717) is 18.2 Å². The number of rotatable bonds is 4. The fourth-order valence-electron chi connectivity index (χ4n) is 3.72. The third-order valence-corrected chi connectivity index (χ3v) is 4.71. The molecule has 0 bridgehead atoms.